The number of alkyl halides is 1. The van der Waals surface area contributed by atoms with Gasteiger partial charge in [-0.3, -0.25) is 0 Å². The van der Waals surface area contributed by atoms with E-state index in [0.717, 1.165) is 42.5 Å². The Bertz CT molecular complexity index is 1000. The fourth-order valence-electron chi connectivity index (χ4n) is 4.85. The van der Waals surface area contributed by atoms with Crippen molar-refractivity contribution in [3.8, 4) is 0 Å². The summed E-state index contributed by atoms with van der Waals surface area (Å²) < 4.78 is 5.03. The van der Waals surface area contributed by atoms with Crippen LogP contribution in [0.5, 0.6) is 0 Å². The molecule has 1 aromatic heterocycles. The molecule has 1 saturated carbocycles. The number of benzene rings is 1. The van der Waals surface area contributed by atoms with E-state index in [1.807, 2.05) is 18.2 Å². The van der Waals surface area contributed by atoms with Gasteiger partial charge in [-0.05, 0) is 86.3 Å². The van der Waals surface area contributed by atoms with Crippen LogP contribution in [0.4, 0.5) is 0 Å². The Kier molecular flexibility index (Phi) is 11.9. The number of aliphatic hydroxyl groups excluding tert-OH is 5. The Morgan fingerprint density at radius 1 is 1.03 bits per heavy atom. The van der Waals surface area contributed by atoms with Crippen molar-refractivity contribution in [1.29, 1.82) is 0 Å². The molecule has 0 radical (unpaired) electrons. The zero-order chi connectivity index (χ0) is 27.1. The molecule has 0 unspecified atom stereocenters. The Morgan fingerprint density at radius 3 is 2.41 bits per heavy atom. The summed E-state index contributed by atoms with van der Waals surface area (Å²) in [6.45, 7) is -1.23. The molecule has 0 aliphatic heterocycles. The summed E-state index contributed by atoms with van der Waals surface area (Å²) in [6, 6.07) is 8.98. The van der Waals surface area contributed by atoms with E-state index in [4.69, 9.17) is 44.6 Å². The zero-order valence-electron chi connectivity index (χ0n) is 20.2. The Morgan fingerprint density at radius 2 is 1.73 bits per heavy atom. The summed E-state index contributed by atoms with van der Waals surface area (Å²) in [5, 5.41) is 49.3. The molecule has 0 bridgehead atoms. The summed E-state index contributed by atoms with van der Waals surface area (Å²) in [5.41, 5.74) is 1.03. The number of ether oxygens (including phenoxy) is 1. The molecule has 11 heteroatoms. The lowest BCUT2D eigenvalue weighted by Crippen LogP contribution is -2.42. The third-order valence-corrected chi connectivity index (χ3v) is 8.91. The summed E-state index contributed by atoms with van der Waals surface area (Å²) >= 11 is 20.1. The van der Waals surface area contributed by atoms with E-state index in [1.165, 1.54) is 11.3 Å². The van der Waals surface area contributed by atoms with Gasteiger partial charge in [0.05, 0.1) is 12.7 Å². The molecular formula is C26H33Cl3O7S. The molecule has 0 spiro atoms. The molecule has 206 valence electrons. The first-order valence-electron chi connectivity index (χ1n) is 12.3. The van der Waals surface area contributed by atoms with Gasteiger partial charge in [0, 0.05) is 20.3 Å². The van der Waals surface area contributed by atoms with Gasteiger partial charge >= 0.3 is 5.97 Å². The van der Waals surface area contributed by atoms with Gasteiger partial charge in [-0.15, -0.1) is 22.9 Å². The van der Waals surface area contributed by atoms with Gasteiger partial charge in [-0.2, -0.15) is 0 Å². The third kappa shape index (κ3) is 8.78. The molecule has 1 aliphatic rings. The number of thiophene rings is 1. The number of rotatable bonds is 13. The van der Waals surface area contributed by atoms with Crippen molar-refractivity contribution in [3.05, 3.63) is 55.7 Å². The normalized spacial score (nSPS) is 24.1. The Balaban J connectivity index is 1.47. The number of carbonyl (C=O) groups excluding carboxylic acids is 1. The largest absolute Gasteiger partial charge is 0.459 e. The molecule has 1 fully saturated rings. The van der Waals surface area contributed by atoms with Crippen LogP contribution in [0.2, 0.25) is 10.0 Å². The summed E-state index contributed by atoms with van der Waals surface area (Å²) in [6.07, 6.45) is -0.557. The maximum atomic E-state index is 12.3. The number of esters is 1. The van der Waals surface area contributed by atoms with E-state index in [-0.39, 0.29) is 17.2 Å². The van der Waals surface area contributed by atoms with E-state index in [1.54, 1.807) is 12.1 Å². The van der Waals surface area contributed by atoms with Crippen LogP contribution in [0, 0.1) is 11.8 Å². The van der Waals surface area contributed by atoms with Gasteiger partial charge in [0.2, 0.25) is 0 Å². The van der Waals surface area contributed by atoms with Crippen LogP contribution >= 0.6 is 46.1 Å². The van der Waals surface area contributed by atoms with E-state index in [2.05, 4.69) is 0 Å². The average Bonchev–Trinajstić information content (AvgIpc) is 3.43. The molecule has 2 aromatic rings. The fourth-order valence-corrected chi connectivity index (χ4v) is 6.86. The predicted molar refractivity (Wildman–Crippen MR) is 145 cm³/mol. The maximum Gasteiger partial charge on any atom is 0.348 e. The first-order chi connectivity index (χ1) is 17.6. The van der Waals surface area contributed by atoms with Crippen LogP contribution in [-0.2, 0) is 17.6 Å². The molecule has 1 heterocycles. The minimum absolute atomic E-state index is 0.0836. The quantitative estimate of drug-likeness (QED) is 0.176. The maximum absolute atomic E-state index is 12.3. The zero-order valence-corrected chi connectivity index (χ0v) is 23.3. The van der Waals surface area contributed by atoms with E-state index >= 15 is 0 Å². The van der Waals surface area contributed by atoms with Crippen molar-refractivity contribution >= 4 is 52.1 Å². The number of aliphatic hydroxyl groups is 5. The van der Waals surface area contributed by atoms with Crippen LogP contribution in [-0.4, -0.2) is 74.5 Å². The van der Waals surface area contributed by atoms with E-state index in [0.29, 0.717) is 21.3 Å². The molecule has 1 aliphatic carbocycles. The number of hydrogen-bond donors (Lipinski definition) is 5. The first kappa shape index (κ1) is 30.6. The Labute approximate surface area is 235 Å². The minimum Gasteiger partial charge on any atom is -0.459 e. The highest BCUT2D eigenvalue weighted by Gasteiger charge is 2.40. The van der Waals surface area contributed by atoms with Crippen molar-refractivity contribution in [1.82, 2.24) is 0 Å². The molecule has 7 atom stereocenters. The molecule has 3 rings (SSSR count). The summed E-state index contributed by atoms with van der Waals surface area (Å²) in [4.78, 5) is 13.6. The summed E-state index contributed by atoms with van der Waals surface area (Å²) in [5.74, 6) is -0.375. The molecule has 5 N–H and O–H groups in total. The molecule has 7 nitrogen and oxygen atoms in total. The monoisotopic (exact) mass is 594 g/mol. The Hall–Kier alpha value is -0.940. The lowest BCUT2D eigenvalue weighted by atomic mass is 9.85. The summed E-state index contributed by atoms with van der Waals surface area (Å²) in [7, 11) is 0. The molecule has 1 aromatic carbocycles. The second kappa shape index (κ2) is 14.4. The number of aryl methyl sites for hydroxylation is 2. The fraction of sp³-hybridized carbons (Fsp3) is 0.577. The van der Waals surface area contributed by atoms with Gasteiger partial charge in [0.1, 0.15) is 29.8 Å². The molecule has 0 amide bonds. The van der Waals surface area contributed by atoms with Crippen LogP contribution < -0.4 is 0 Å². The van der Waals surface area contributed by atoms with Gasteiger partial charge in [-0.25, -0.2) is 4.79 Å². The van der Waals surface area contributed by atoms with Crippen molar-refractivity contribution in [2.75, 3.05) is 13.2 Å². The second-order valence-electron chi connectivity index (χ2n) is 9.53. The van der Waals surface area contributed by atoms with Crippen molar-refractivity contribution in [3.63, 3.8) is 0 Å². The minimum atomic E-state index is -1.62. The van der Waals surface area contributed by atoms with Gasteiger partial charge in [0.25, 0.3) is 0 Å². The van der Waals surface area contributed by atoms with Crippen LogP contribution in [0.25, 0.3) is 0 Å². The highest BCUT2D eigenvalue weighted by atomic mass is 35.5. The number of carbonyl (C=O) groups is 1. The molecule has 0 saturated heterocycles. The van der Waals surface area contributed by atoms with Crippen LogP contribution in [0.3, 0.4) is 0 Å². The average molecular weight is 596 g/mol. The lowest BCUT2D eigenvalue weighted by molar-refractivity contribution is -0.0925. The van der Waals surface area contributed by atoms with Crippen molar-refractivity contribution in [2.45, 2.75) is 68.3 Å². The van der Waals surface area contributed by atoms with E-state index < -0.39 is 43.6 Å². The third-order valence-electron chi connectivity index (χ3n) is 6.85. The van der Waals surface area contributed by atoms with Gasteiger partial charge in [-0.1, -0.05) is 23.2 Å². The standard InChI is InChI=1S/C26H33Cl3O7S/c27-15-8-14(9-16(28)10-15)4-6-19-18(20(29)11-21(19)31)3-1-2-17-5-7-24(37-17)26(35)36-13-23(33)25(34)22(32)12-30/h5,7-10,18-23,25,30-34H,1-4,6,11-13H2/t18-,19-,20-,21-,22+,23+,25+/m1/s1. The highest BCUT2D eigenvalue weighted by molar-refractivity contribution is 7.13. The second-order valence-corrected chi connectivity index (χ2v) is 12.1. The highest BCUT2D eigenvalue weighted by Crippen LogP contribution is 2.42. The van der Waals surface area contributed by atoms with Gasteiger partial charge in [0.15, 0.2) is 0 Å². The van der Waals surface area contributed by atoms with Crippen LogP contribution in [0.15, 0.2) is 30.3 Å². The topological polar surface area (TPSA) is 127 Å². The number of hydrogen-bond acceptors (Lipinski definition) is 8. The number of halogens is 3. The predicted octanol–water partition coefficient (Wildman–Crippen LogP) is 3.85. The molecule has 37 heavy (non-hydrogen) atoms. The molecular weight excluding hydrogens is 563 g/mol. The van der Waals surface area contributed by atoms with Crippen LogP contribution in [0.1, 0.15) is 45.8 Å². The first-order valence-corrected chi connectivity index (χ1v) is 14.3. The smallest absolute Gasteiger partial charge is 0.348 e. The lowest BCUT2D eigenvalue weighted by Gasteiger charge is -2.23. The van der Waals surface area contributed by atoms with Gasteiger partial charge < -0.3 is 30.3 Å². The van der Waals surface area contributed by atoms with Crippen molar-refractivity contribution in [2.24, 2.45) is 11.8 Å². The SMILES string of the molecule is O=C(OC[C@H](O)[C@@H](O)[C@@H](O)CO)c1ccc(CCC[C@@H]2[C@@H](CCc3cc(Cl)cc(Cl)c3)[C@H](O)C[C@H]2Cl)s1. The van der Waals surface area contributed by atoms with Crippen molar-refractivity contribution < 1.29 is 35.1 Å². The van der Waals surface area contributed by atoms with E-state index in [9.17, 15) is 25.2 Å².